The summed E-state index contributed by atoms with van der Waals surface area (Å²) in [7, 11) is 0. The molecule has 0 bridgehead atoms. The second kappa shape index (κ2) is 4.02. The maximum Gasteiger partial charge on any atom is 0.127 e. The van der Waals surface area contributed by atoms with Crippen molar-refractivity contribution in [3.05, 3.63) is 29.0 Å². The van der Waals surface area contributed by atoms with E-state index in [1.165, 1.54) is 11.3 Å². The lowest BCUT2D eigenvalue weighted by molar-refractivity contribution is 0.607. The van der Waals surface area contributed by atoms with E-state index < -0.39 is 0 Å². The van der Waals surface area contributed by atoms with Gasteiger partial charge in [-0.15, -0.1) is 11.3 Å². The van der Waals surface area contributed by atoms with Gasteiger partial charge in [0.05, 0.1) is 15.7 Å². The fourth-order valence-corrected chi connectivity index (χ4v) is 2.09. The Kier molecular flexibility index (Phi) is 2.74. The molecule has 0 atom stereocenters. The number of fused-ring (bicyclic) bond motifs is 1. The molecular formula is C10H11FN2S. The molecule has 0 saturated heterocycles. The molecular weight excluding hydrogens is 199 g/mol. The average molecular weight is 210 g/mol. The molecule has 0 aliphatic carbocycles. The summed E-state index contributed by atoms with van der Waals surface area (Å²) in [5, 5.41) is 0. The van der Waals surface area contributed by atoms with E-state index in [2.05, 4.69) is 4.98 Å². The predicted molar refractivity (Wildman–Crippen MR) is 57.0 cm³/mol. The molecule has 0 aliphatic rings. The molecule has 74 valence electrons. The van der Waals surface area contributed by atoms with Crippen molar-refractivity contribution in [2.45, 2.75) is 12.8 Å². The Morgan fingerprint density at radius 1 is 1.43 bits per heavy atom. The smallest absolute Gasteiger partial charge is 0.127 e. The van der Waals surface area contributed by atoms with Crippen LogP contribution in [0.4, 0.5) is 4.39 Å². The van der Waals surface area contributed by atoms with Crippen LogP contribution in [0.25, 0.3) is 10.2 Å². The third-order valence-electron chi connectivity index (χ3n) is 2.15. The number of hydrogen-bond acceptors (Lipinski definition) is 3. The highest BCUT2D eigenvalue weighted by atomic mass is 32.1. The number of benzene rings is 1. The van der Waals surface area contributed by atoms with Crippen LogP contribution in [0.15, 0.2) is 17.6 Å². The predicted octanol–water partition coefficient (Wildman–Crippen LogP) is 2.33. The Labute approximate surface area is 85.6 Å². The van der Waals surface area contributed by atoms with Crippen molar-refractivity contribution in [1.29, 1.82) is 0 Å². The van der Waals surface area contributed by atoms with Crippen molar-refractivity contribution in [2.24, 2.45) is 5.73 Å². The Balaban J connectivity index is 2.38. The van der Waals surface area contributed by atoms with Gasteiger partial charge in [0, 0.05) is 0 Å². The first-order valence-corrected chi connectivity index (χ1v) is 5.41. The first-order chi connectivity index (χ1) is 6.81. The zero-order valence-electron chi connectivity index (χ0n) is 7.66. The van der Waals surface area contributed by atoms with Crippen molar-refractivity contribution < 1.29 is 4.39 Å². The summed E-state index contributed by atoms with van der Waals surface area (Å²) in [4.78, 5) is 4.15. The van der Waals surface area contributed by atoms with Gasteiger partial charge in [-0.25, -0.2) is 9.37 Å². The van der Waals surface area contributed by atoms with Crippen molar-refractivity contribution in [3.63, 3.8) is 0 Å². The molecule has 0 fully saturated rings. The van der Waals surface area contributed by atoms with Crippen LogP contribution in [0.2, 0.25) is 0 Å². The normalized spacial score (nSPS) is 11.0. The first kappa shape index (κ1) is 9.55. The Bertz CT molecular complexity index is 439. The zero-order valence-corrected chi connectivity index (χ0v) is 8.48. The molecule has 1 aromatic heterocycles. The van der Waals surface area contributed by atoms with E-state index in [9.17, 15) is 4.39 Å². The van der Waals surface area contributed by atoms with Gasteiger partial charge in [-0.2, -0.15) is 0 Å². The van der Waals surface area contributed by atoms with Crippen LogP contribution in [0.3, 0.4) is 0 Å². The van der Waals surface area contributed by atoms with Crippen molar-refractivity contribution in [2.75, 3.05) is 6.54 Å². The van der Waals surface area contributed by atoms with Gasteiger partial charge in [-0.05, 0) is 37.1 Å². The van der Waals surface area contributed by atoms with Crippen LogP contribution in [-0.4, -0.2) is 11.5 Å². The molecule has 2 rings (SSSR count). The number of rotatable bonds is 3. The van der Waals surface area contributed by atoms with Crippen LogP contribution in [-0.2, 0) is 6.42 Å². The Hall–Kier alpha value is -1.00. The van der Waals surface area contributed by atoms with E-state index in [1.807, 2.05) is 6.07 Å². The molecule has 0 saturated carbocycles. The quantitative estimate of drug-likeness (QED) is 0.844. The van der Waals surface area contributed by atoms with Gasteiger partial charge in [-0.3, -0.25) is 0 Å². The van der Waals surface area contributed by atoms with Crippen LogP contribution in [0.5, 0.6) is 0 Å². The highest BCUT2D eigenvalue weighted by Crippen LogP contribution is 2.22. The second-order valence-electron chi connectivity index (χ2n) is 3.16. The summed E-state index contributed by atoms with van der Waals surface area (Å²) < 4.78 is 14.4. The molecule has 4 heteroatoms. The third-order valence-corrected chi connectivity index (χ3v) is 2.94. The minimum absolute atomic E-state index is 0.143. The number of hydrogen-bond donors (Lipinski definition) is 1. The summed E-state index contributed by atoms with van der Waals surface area (Å²) in [5.41, 5.74) is 8.71. The molecule has 0 amide bonds. The van der Waals surface area contributed by atoms with E-state index in [4.69, 9.17) is 5.73 Å². The van der Waals surface area contributed by atoms with Crippen LogP contribution >= 0.6 is 11.3 Å². The summed E-state index contributed by atoms with van der Waals surface area (Å²) in [6, 6.07) is 3.37. The molecule has 2 aromatic rings. The highest BCUT2D eigenvalue weighted by molar-refractivity contribution is 7.16. The summed E-state index contributed by atoms with van der Waals surface area (Å²) in [5.74, 6) is -0.143. The van der Waals surface area contributed by atoms with Gasteiger partial charge in [-0.1, -0.05) is 0 Å². The number of nitrogens with two attached hydrogens (primary N) is 1. The molecule has 2 N–H and O–H groups in total. The van der Waals surface area contributed by atoms with Crippen LogP contribution < -0.4 is 5.73 Å². The lowest BCUT2D eigenvalue weighted by Crippen LogP contribution is -2.01. The largest absolute Gasteiger partial charge is 0.330 e. The summed E-state index contributed by atoms with van der Waals surface area (Å²) >= 11 is 1.46. The van der Waals surface area contributed by atoms with Gasteiger partial charge < -0.3 is 5.73 Å². The maximum absolute atomic E-state index is 13.5. The van der Waals surface area contributed by atoms with Crippen LogP contribution in [0, 0.1) is 5.82 Å². The zero-order chi connectivity index (χ0) is 9.97. The SMILES string of the molecule is NCCCc1cc2ncsc2cc1F. The number of aromatic nitrogens is 1. The van der Waals surface area contributed by atoms with E-state index in [-0.39, 0.29) is 5.82 Å². The van der Waals surface area contributed by atoms with Gasteiger partial charge in [0.2, 0.25) is 0 Å². The van der Waals surface area contributed by atoms with Gasteiger partial charge in [0.15, 0.2) is 0 Å². The second-order valence-corrected chi connectivity index (χ2v) is 4.04. The highest BCUT2D eigenvalue weighted by Gasteiger charge is 2.05. The minimum Gasteiger partial charge on any atom is -0.330 e. The minimum atomic E-state index is -0.143. The topological polar surface area (TPSA) is 38.9 Å². The lowest BCUT2D eigenvalue weighted by atomic mass is 10.1. The molecule has 0 radical (unpaired) electrons. The van der Waals surface area contributed by atoms with Gasteiger partial charge in [0.25, 0.3) is 0 Å². The molecule has 0 unspecified atom stereocenters. The number of halogens is 1. The summed E-state index contributed by atoms with van der Waals surface area (Å²) in [6.07, 6.45) is 1.50. The fraction of sp³-hybridized carbons (Fsp3) is 0.300. The molecule has 2 nitrogen and oxygen atoms in total. The third kappa shape index (κ3) is 1.76. The van der Waals surface area contributed by atoms with Gasteiger partial charge in [0.1, 0.15) is 5.82 Å². The molecule has 1 aromatic carbocycles. The van der Waals surface area contributed by atoms with E-state index in [0.717, 1.165) is 16.6 Å². The molecule has 1 heterocycles. The Morgan fingerprint density at radius 2 is 2.29 bits per heavy atom. The monoisotopic (exact) mass is 210 g/mol. The molecule has 14 heavy (non-hydrogen) atoms. The number of thiazole rings is 1. The van der Waals surface area contributed by atoms with Crippen molar-refractivity contribution in [3.8, 4) is 0 Å². The Morgan fingerprint density at radius 3 is 3.07 bits per heavy atom. The summed E-state index contributed by atoms with van der Waals surface area (Å²) in [6.45, 7) is 0.592. The molecule has 0 spiro atoms. The van der Waals surface area contributed by atoms with Crippen molar-refractivity contribution in [1.82, 2.24) is 4.98 Å². The van der Waals surface area contributed by atoms with E-state index >= 15 is 0 Å². The number of nitrogens with zero attached hydrogens (tertiary/aromatic N) is 1. The first-order valence-electron chi connectivity index (χ1n) is 4.53. The molecule has 0 aliphatic heterocycles. The van der Waals surface area contributed by atoms with E-state index in [0.29, 0.717) is 18.5 Å². The average Bonchev–Trinajstić information content (AvgIpc) is 2.61. The standard InChI is InChI=1S/C10H11FN2S/c11-8-5-10-9(13-6-14-10)4-7(8)2-1-3-12/h4-6H,1-3,12H2. The van der Waals surface area contributed by atoms with Crippen molar-refractivity contribution >= 4 is 21.6 Å². The van der Waals surface area contributed by atoms with Gasteiger partial charge >= 0.3 is 0 Å². The van der Waals surface area contributed by atoms with Crippen LogP contribution in [0.1, 0.15) is 12.0 Å². The lowest BCUT2D eigenvalue weighted by Gasteiger charge is -2.01. The fourth-order valence-electron chi connectivity index (χ4n) is 1.41. The number of aryl methyl sites for hydroxylation is 1. The maximum atomic E-state index is 13.5. The van der Waals surface area contributed by atoms with E-state index in [1.54, 1.807) is 11.6 Å².